The number of halogens is 4. The van der Waals surface area contributed by atoms with Crippen molar-refractivity contribution in [1.29, 1.82) is 0 Å². The summed E-state index contributed by atoms with van der Waals surface area (Å²) in [5.74, 6) is -16.3. The van der Waals surface area contributed by atoms with Gasteiger partial charge in [0.1, 0.15) is 89.5 Å². The van der Waals surface area contributed by atoms with E-state index in [4.69, 9.17) is 95.8 Å². The highest BCUT2D eigenvalue weighted by Gasteiger charge is 2.53. The van der Waals surface area contributed by atoms with Crippen LogP contribution < -0.4 is 62.9 Å². The molecule has 22 atom stereocenters. The van der Waals surface area contributed by atoms with Crippen LogP contribution in [0.3, 0.4) is 0 Å². The summed E-state index contributed by atoms with van der Waals surface area (Å²) in [7, 11) is 1.65. The van der Waals surface area contributed by atoms with E-state index in [1.54, 1.807) is 74.3 Å². The Morgan fingerprint density at radius 3 is 1.82 bits per heavy atom. The van der Waals surface area contributed by atoms with Gasteiger partial charge >= 0.3 is 5.97 Å². The van der Waals surface area contributed by atoms with Gasteiger partial charge in [0.2, 0.25) is 53.4 Å². The third-order valence-corrected chi connectivity index (χ3v) is 24.3. The zero-order valence-corrected chi connectivity index (χ0v) is 72.3. The minimum Gasteiger partial charge on any atom is -0.508 e. The largest absolute Gasteiger partial charge is 0.508 e. The molecule has 0 aliphatic carbocycles. The molecule has 8 heterocycles. The van der Waals surface area contributed by atoms with Crippen LogP contribution in [0.4, 0.5) is 0 Å². The highest BCUT2D eigenvalue weighted by Crippen LogP contribution is 2.51. The molecule has 3 fully saturated rings. The summed E-state index contributed by atoms with van der Waals surface area (Å²) in [6.45, 7) is 9.22. The number of fused-ring (bicyclic) bond motifs is 15. The maximum atomic E-state index is 16.7. The second-order valence-corrected chi connectivity index (χ2v) is 35.0. The third kappa shape index (κ3) is 21.0. The van der Waals surface area contributed by atoms with Gasteiger partial charge in [-0.1, -0.05) is 103 Å². The number of benzene rings is 7. The van der Waals surface area contributed by atoms with Crippen LogP contribution >= 0.6 is 46.4 Å². The number of primary amides is 1. The predicted molar refractivity (Wildman–Crippen MR) is 454 cm³/mol. The molecule has 7 amide bonds. The lowest BCUT2D eigenvalue weighted by molar-refractivity contribution is -0.334. The summed E-state index contributed by atoms with van der Waals surface area (Å²) in [5.41, 5.74) is 8.51. The Morgan fingerprint density at radius 2 is 1.21 bits per heavy atom. The van der Waals surface area contributed by atoms with Crippen molar-refractivity contribution in [3.05, 3.63) is 186 Å². The lowest BCUT2D eigenvalue weighted by atomic mass is 9.84. The molecule has 0 radical (unpaired) electrons. The Balaban J connectivity index is 1.03. The number of aliphatic carboxylic acids is 1. The Labute approximate surface area is 747 Å². The number of carbonyl (C=O) groups excluding carboxylic acids is 7. The molecule has 3 saturated heterocycles. The van der Waals surface area contributed by atoms with Crippen LogP contribution in [0.2, 0.25) is 20.1 Å². The van der Waals surface area contributed by atoms with E-state index in [9.17, 15) is 60.7 Å². The van der Waals surface area contributed by atoms with Crippen LogP contribution in [-0.2, 0) is 75.1 Å². The van der Waals surface area contributed by atoms with Gasteiger partial charge in [-0.2, -0.15) is 0 Å². The minimum atomic E-state index is -2.42. The smallest absolute Gasteiger partial charge is 0.330 e. The molecule has 0 unspecified atom stereocenters. The van der Waals surface area contributed by atoms with Gasteiger partial charge in [-0.15, -0.1) is 0 Å². The molecule has 0 saturated carbocycles. The van der Waals surface area contributed by atoms with Gasteiger partial charge in [0.25, 0.3) is 0 Å². The molecule has 15 rings (SSSR count). The first kappa shape index (κ1) is 94.3. The van der Waals surface area contributed by atoms with E-state index in [0.717, 1.165) is 59.7 Å². The number of ether oxygens (including phenoxy) is 8. The number of phenols is 3. The van der Waals surface area contributed by atoms with Gasteiger partial charge in [-0.05, 0) is 159 Å². The van der Waals surface area contributed by atoms with E-state index in [0.29, 0.717) is 10.0 Å². The summed E-state index contributed by atoms with van der Waals surface area (Å²) in [6, 6.07) is 13.1. The number of rotatable bonds is 20. The standard InChI is InChI=1S/C87H98Cl4N10O26/c1-36(2)22-53(101(7)34-40-10-17-46(89)18-11-40)79(113)99-68-70(107)42-13-20-56(50(90)24-42)122-58-26-44-27-59(74(58)127-85-75(72(109)71(108)60(35-102)124-85)126-63-32-87(6,77(111)38(4)121-63)94-33-39-8-15-45(88)16-9-39)123-57-21-14-43(25-51(57)91)73(125-62-31-86(5,93)76(110)37(3)120-62)69-83(117)98-67(84(118)119)49-28-47(103)29-55(105)64(49)48-23-41(12-19-54(48)104)65(80(114)100-69)97-81(115)66(44)96-78(112)52(30-61(92)106)95-82(68)116/h8-21,23-29,36-38,52-53,60,62-63,65-73,75-77,85,94,102-105,107-111H,22,30-35,93H2,1-7H3,(H2,92,106)(H,95,116)(H,96,112)(H,97,115)(H,98,117)(H,99,113)(H,100,114)(H,118,119)/t37-,38-,52-,53+,60+,62-,63-,65+,66+,67-,68+,69-,70+,71+,72-,73+,75+,76-,77-,85-,86-,87-/m0/s1. The van der Waals surface area contributed by atoms with Crippen molar-refractivity contribution >= 4 is 93.7 Å². The molecule has 21 N–H and O–H groups in total. The van der Waals surface area contributed by atoms with Crippen molar-refractivity contribution in [3.8, 4) is 57.1 Å². The van der Waals surface area contributed by atoms with Crippen LogP contribution in [0, 0.1) is 5.92 Å². The quantitative estimate of drug-likeness (QED) is 0.0454. The van der Waals surface area contributed by atoms with Gasteiger partial charge < -0.3 is 138 Å². The van der Waals surface area contributed by atoms with Crippen LogP contribution in [-0.4, -0.2) is 220 Å². The Kier molecular flexibility index (Phi) is 28.9. The van der Waals surface area contributed by atoms with Gasteiger partial charge in [0, 0.05) is 69.8 Å². The SMILES string of the molecule is CC(C)C[C@H](C(=O)N[C@H]1C(=O)N[C@@H](CC(N)=O)C(=O)N[C@H]2C(=O)N[C@H]3C(=O)N[C@H](C(=O)N[C@H](C(=O)O)c4cc(O)cc(O)c4-c4cc3ccc4O)[C@H](O[C@H]3C[C@](C)(N)[C@@H](O)[C@H](C)O3)c3ccc(c(Cl)c3)Oc3cc2cc(c3O[C@@H]2O[C@H](CO)[C@@H](O)[C@H](O)[C@H]2O[C@H]2C[C@](C)(NCc3ccc(Cl)cc3)[C@@H](O)[C@H](C)O2)Oc2ccc(cc2Cl)[C@H]1O)N(C)Cc1ccc(Cl)cc1. The minimum absolute atomic E-state index is 0.158. The molecule has 127 heavy (non-hydrogen) atoms. The first-order valence-corrected chi connectivity index (χ1v) is 42.1. The topological polar surface area (TPSA) is 552 Å². The summed E-state index contributed by atoms with van der Waals surface area (Å²) < 4.78 is 52.9. The number of hydrogen-bond acceptors (Lipinski definition) is 28. The van der Waals surface area contributed by atoms with Crippen LogP contribution in [0.25, 0.3) is 11.1 Å². The van der Waals surface area contributed by atoms with E-state index in [2.05, 4.69) is 37.2 Å². The van der Waals surface area contributed by atoms with Crippen molar-refractivity contribution in [2.45, 2.75) is 214 Å². The van der Waals surface area contributed by atoms with E-state index in [-0.39, 0.29) is 65.7 Å². The van der Waals surface area contributed by atoms with Crippen molar-refractivity contribution in [3.63, 3.8) is 0 Å². The number of aromatic hydroxyl groups is 3. The molecule has 680 valence electrons. The van der Waals surface area contributed by atoms with Crippen molar-refractivity contribution in [1.82, 2.24) is 42.1 Å². The number of hydrogen-bond donors (Lipinski definition) is 19. The second-order valence-electron chi connectivity index (χ2n) is 33.4. The molecule has 11 bridgehead atoms. The Morgan fingerprint density at radius 1 is 0.630 bits per heavy atom. The number of nitrogens with zero attached hydrogens (tertiary/aromatic N) is 1. The first-order valence-electron chi connectivity index (χ1n) is 40.6. The number of carboxylic acid groups (broad SMARTS) is 1. The molecule has 8 aliphatic heterocycles. The van der Waals surface area contributed by atoms with E-state index < -0.39 is 261 Å². The fourth-order valence-corrected chi connectivity index (χ4v) is 17.1. The molecule has 7 aromatic carbocycles. The Bertz CT molecular complexity index is 5320. The summed E-state index contributed by atoms with van der Waals surface area (Å²) in [6.07, 6.45) is -23.1. The Hall–Kier alpha value is -10.3. The third-order valence-electron chi connectivity index (χ3n) is 23.2. The molecule has 7 aromatic rings. The van der Waals surface area contributed by atoms with Gasteiger partial charge in [0.05, 0.1) is 53.5 Å². The average Bonchev–Trinajstić information content (AvgIpc) is 0.761. The number of aliphatic hydroxyl groups excluding tert-OH is 6. The molecule has 0 spiro atoms. The lowest BCUT2D eigenvalue weighted by Crippen LogP contribution is -2.65. The molecular formula is C87H98Cl4N10O26. The van der Waals surface area contributed by atoms with Crippen molar-refractivity contribution < 1.29 is 127 Å². The van der Waals surface area contributed by atoms with Gasteiger partial charge in [0.15, 0.2) is 36.2 Å². The summed E-state index contributed by atoms with van der Waals surface area (Å²) >= 11 is 27.2. The second kappa shape index (κ2) is 38.9. The summed E-state index contributed by atoms with van der Waals surface area (Å²) in [4.78, 5) is 124. The average molecular weight is 1840 g/mol. The predicted octanol–water partition coefficient (Wildman–Crippen LogP) is 5.39. The van der Waals surface area contributed by atoms with E-state index in [1.807, 2.05) is 13.8 Å². The fourth-order valence-electron chi connectivity index (χ4n) is 16.4. The zero-order valence-electron chi connectivity index (χ0n) is 69.3. The van der Waals surface area contributed by atoms with Crippen LogP contribution in [0.15, 0.2) is 127 Å². The number of carboxylic acids is 1. The monoisotopic (exact) mass is 1840 g/mol. The zero-order chi connectivity index (χ0) is 91.9. The molecule has 36 nitrogen and oxygen atoms in total. The highest BCUT2D eigenvalue weighted by molar-refractivity contribution is 6.32. The molecular weight excluding hydrogens is 1740 g/mol. The fraction of sp³-hybridized carbons (Fsp3) is 0.425. The number of aliphatic hydroxyl groups is 6. The maximum Gasteiger partial charge on any atom is 0.330 e. The number of amides is 7. The number of nitrogens with two attached hydrogens (primary N) is 2. The van der Waals surface area contributed by atoms with Gasteiger partial charge in [-0.25, -0.2) is 4.79 Å². The lowest BCUT2D eigenvalue weighted by Gasteiger charge is -2.48. The summed E-state index contributed by atoms with van der Waals surface area (Å²) in [5, 5.41) is 136. The number of phenolic OH excluding ortho intramolecular Hbond substituents is 3. The van der Waals surface area contributed by atoms with Crippen LogP contribution in [0.5, 0.6) is 46.0 Å². The van der Waals surface area contributed by atoms with Gasteiger partial charge in [-0.3, -0.25) is 38.5 Å². The first-order chi connectivity index (χ1) is 60.0. The molecule has 0 aromatic heterocycles. The van der Waals surface area contributed by atoms with E-state index >= 15 is 28.8 Å². The maximum absolute atomic E-state index is 16.7. The highest BCUT2D eigenvalue weighted by atomic mass is 35.5. The van der Waals surface area contributed by atoms with Crippen molar-refractivity contribution in [2.24, 2.45) is 17.4 Å². The number of likely N-dealkylation sites (N-methyl/N-ethyl adjacent to an activating group) is 1. The normalized spacial score (nSPS) is 29.5. The van der Waals surface area contributed by atoms with Crippen LogP contribution in [0.1, 0.15) is 137 Å². The van der Waals surface area contributed by atoms with Crippen molar-refractivity contribution in [2.75, 3.05) is 13.7 Å². The number of carbonyl (C=O) groups is 8. The number of nitrogens with one attached hydrogen (secondary N) is 7. The molecule has 8 aliphatic rings. The molecule has 40 heteroatoms. The van der Waals surface area contributed by atoms with E-state index in [1.165, 1.54) is 44.2 Å².